The predicted octanol–water partition coefficient (Wildman–Crippen LogP) is 5.25. The highest BCUT2D eigenvalue weighted by Gasteiger charge is 2.49. The van der Waals surface area contributed by atoms with E-state index in [1.165, 1.54) is 30.5 Å². The Kier molecular flexibility index (Phi) is 5.74. The number of benzene rings is 3. The standard InChI is InChI=1S/C27H22N2O5S/c1-15-8-10-16(11-9-15)24(30)22-23(18-14-17(33-2)12-13-20(18)34-3)29(26(32)25(22)31)27-28-19-6-4-5-7-21(19)35-27/h4-14,23,30H,1-3H3/b24-22+/t23-/m0/s1. The van der Waals surface area contributed by atoms with Crippen LogP contribution in [0.5, 0.6) is 11.5 Å². The number of aromatic nitrogens is 1. The number of aliphatic hydroxyl groups is 1. The zero-order valence-corrected chi connectivity index (χ0v) is 20.1. The van der Waals surface area contributed by atoms with E-state index < -0.39 is 17.7 Å². The average molecular weight is 487 g/mol. The van der Waals surface area contributed by atoms with Crippen LogP contribution in [0.2, 0.25) is 0 Å². The van der Waals surface area contributed by atoms with E-state index in [-0.39, 0.29) is 11.3 Å². The van der Waals surface area contributed by atoms with E-state index in [0.29, 0.717) is 33.3 Å². The van der Waals surface area contributed by atoms with Gasteiger partial charge in [-0.2, -0.15) is 0 Å². The minimum atomic E-state index is -0.970. The van der Waals surface area contributed by atoms with Gasteiger partial charge in [0.05, 0.1) is 30.0 Å². The number of hydrogen-bond acceptors (Lipinski definition) is 7. The fraction of sp³-hybridized carbons (Fsp3) is 0.148. The summed E-state index contributed by atoms with van der Waals surface area (Å²) >= 11 is 1.30. The first-order chi connectivity index (χ1) is 16.9. The van der Waals surface area contributed by atoms with Gasteiger partial charge in [-0.05, 0) is 37.3 Å². The number of aliphatic hydroxyl groups excluding tert-OH is 1. The van der Waals surface area contributed by atoms with Gasteiger partial charge in [0.1, 0.15) is 23.3 Å². The lowest BCUT2D eigenvalue weighted by atomic mass is 9.94. The molecule has 7 nitrogen and oxygen atoms in total. The van der Waals surface area contributed by atoms with E-state index in [9.17, 15) is 14.7 Å². The van der Waals surface area contributed by atoms with E-state index >= 15 is 0 Å². The third-order valence-corrected chi connectivity index (χ3v) is 7.03. The Balaban J connectivity index is 1.78. The summed E-state index contributed by atoms with van der Waals surface area (Å²) in [6.45, 7) is 1.93. The van der Waals surface area contributed by atoms with Crippen LogP contribution >= 0.6 is 11.3 Å². The quantitative estimate of drug-likeness (QED) is 0.236. The summed E-state index contributed by atoms with van der Waals surface area (Å²) in [4.78, 5) is 32.8. The van der Waals surface area contributed by atoms with E-state index in [4.69, 9.17) is 9.47 Å². The molecule has 0 saturated carbocycles. The summed E-state index contributed by atoms with van der Waals surface area (Å²) in [6.07, 6.45) is 0. The minimum Gasteiger partial charge on any atom is -0.507 e. The number of carbonyl (C=O) groups is 2. The normalized spacial score (nSPS) is 17.2. The number of anilines is 1. The Labute approximate surface area is 205 Å². The molecule has 1 aliphatic heterocycles. The molecule has 0 radical (unpaired) electrons. The first-order valence-electron chi connectivity index (χ1n) is 10.9. The molecular weight excluding hydrogens is 464 g/mol. The third kappa shape index (κ3) is 3.81. The zero-order valence-electron chi connectivity index (χ0n) is 19.3. The Bertz CT molecular complexity index is 1460. The van der Waals surface area contributed by atoms with Crippen molar-refractivity contribution in [3.05, 3.63) is 89.0 Å². The van der Waals surface area contributed by atoms with Crippen molar-refractivity contribution in [2.24, 2.45) is 0 Å². The van der Waals surface area contributed by atoms with Gasteiger partial charge in [0, 0.05) is 11.1 Å². The van der Waals surface area contributed by atoms with Gasteiger partial charge in [0.25, 0.3) is 5.78 Å². The molecule has 35 heavy (non-hydrogen) atoms. The maximum Gasteiger partial charge on any atom is 0.301 e. The average Bonchev–Trinajstić information content (AvgIpc) is 3.42. The molecule has 5 rings (SSSR count). The van der Waals surface area contributed by atoms with Crippen LogP contribution in [-0.2, 0) is 9.59 Å². The second kappa shape index (κ2) is 8.88. The maximum atomic E-state index is 13.4. The summed E-state index contributed by atoms with van der Waals surface area (Å²) in [6, 6.07) is 18.8. The van der Waals surface area contributed by atoms with E-state index in [1.807, 2.05) is 43.3 Å². The first-order valence-corrected chi connectivity index (χ1v) is 11.7. The highest BCUT2D eigenvalue weighted by Crippen LogP contribution is 2.47. The lowest BCUT2D eigenvalue weighted by Gasteiger charge is -2.25. The van der Waals surface area contributed by atoms with Crippen molar-refractivity contribution in [1.82, 2.24) is 4.98 Å². The predicted molar refractivity (Wildman–Crippen MR) is 135 cm³/mol. The van der Waals surface area contributed by atoms with Crippen molar-refractivity contribution >= 4 is 44.1 Å². The molecule has 176 valence electrons. The highest BCUT2D eigenvalue weighted by molar-refractivity contribution is 7.22. The van der Waals surface area contributed by atoms with Crippen LogP contribution in [0.4, 0.5) is 5.13 Å². The van der Waals surface area contributed by atoms with Crippen LogP contribution in [0, 0.1) is 6.92 Å². The van der Waals surface area contributed by atoms with Crippen molar-refractivity contribution in [2.45, 2.75) is 13.0 Å². The smallest absolute Gasteiger partial charge is 0.301 e. The van der Waals surface area contributed by atoms with Crippen LogP contribution in [0.25, 0.3) is 16.0 Å². The molecule has 1 aliphatic rings. The number of nitrogens with zero attached hydrogens (tertiary/aromatic N) is 2. The number of hydrogen-bond donors (Lipinski definition) is 1. The largest absolute Gasteiger partial charge is 0.507 e. The third-order valence-electron chi connectivity index (χ3n) is 5.99. The molecule has 1 atom stereocenters. The molecule has 0 bridgehead atoms. The van der Waals surface area contributed by atoms with Crippen LogP contribution in [-0.4, -0.2) is 36.0 Å². The van der Waals surface area contributed by atoms with E-state index in [0.717, 1.165) is 10.3 Å². The molecule has 3 aromatic carbocycles. The summed E-state index contributed by atoms with van der Waals surface area (Å²) in [7, 11) is 3.04. The molecule has 2 heterocycles. The van der Waals surface area contributed by atoms with E-state index in [2.05, 4.69) is 4.98 Å². The van der Waals surface area contributed by atoms with Crippen LogP contribution in [0.3, 0.4) is 0 Å². The molecule has 1 aromatic heterocycles. The number of rotatable bonds is 5. The van der Waals surface area contributed by atoms with Gasteiger partial charge < -0.3 is 14.6 Å². The molecule has 0 unspecified atom stereocenters. The Hall–Kier alpha value is -4.17. The Morgan fingerprint density at radius 1 is 1.00 bits per heavy atom. The fourth-order valence-electron chi connectivity index (χ4n) is 4.21. The topological polar surface area (TPSA) is 89.0 Å². The number of carbonyl (C=O) groups excluding carboxylic acids is 2. The van der Waals surface area contributed by atoms with Gasteiger partial charge in [-0.25, -0.2) is 4.98 Å². The fourth-order valence-corrected chi connectivity index (χ4v) is 5.20. The zero-order chi connectivity index (χ0) is 24.7. The molecule has 1 amide bonds. The number of fused-ring (bicyclic) bond motifs is 1. The minimum absolute atomic E-state index is 0.0373. The first kappa shape index (κ1) is 22.6. The molecule has 1 N–H and O–H groups in total. The van der Waals surface area contributed by atoms with Crippen molar-refractivity contribution in [3.8, 4) is 11.5 Å². The Morgan fingerprint density at radius 2 is 1.74 bits per heavy atom. The summed E-state index contributed by atoms with van der Waals surface area (Å²) in [5, 5.41) is 11.7. The second-order valence-corrected chi connectivity index (χ2v) is 9.12. The molecule has 8 heteroatoms. The number of para-hydroxylation sites is 1. The van der Waals surface area contributed by atoms with Crippen molar-refractivity contribution < 1.29 is 24.2 Å². The summed E-state index contributed by atoms with van der Waals surface area (Å²) in [5.74, 6) is -0.865. The highest BCUT2D eigenvalue weighted by atomic mass is 32.1. The number of ketones is 1. The van der Waals surface area contributed by atoms with Crippen molar-refractivity contribution in [3.63, 3.8) is 0 Å². The van der Waals surface area contributed by atoms with Gasteiger partial charge in [0.15, 0.2) is 5.13 Å². The van der Waals surface area contributed by atoms with Crippen LogP contribution in [0.15, 0.2) is 72.3 Å². The summed E-state index contributed by atoms with van der Waals surface area (Å²) in [5.41, 5.74) is 2.61. The number of amides is 1. The second-order valence-electron chi connectivity index (χ2n) is 8.11. The van der Waals surface area contributed by atoms with Crippen LogP contribution in [0.1, 0.15) is 22.7 Å². The van der Waals surface area contributed by atoms with Gasteiger partial charge in [-0.3, -0.25) is 14.5 Å². The molecule has 0 aliphatic carbocycles. The number of methoxy groups -OCH3 is 2. The SMILES string of the molecule is COc1ccc(OC)c([C@H]2/C(=C(\O)c3ccc(C)cc3)C(=O)C(=O)N2c2nc3ccccc3s2)c1. The number of thiazole rings is 1. The summed E-state index contributed by atoms with van der Waals surface area (Å²) < 4.78 is 11.9. The molecule has 4 aromatic rings. The van der Waals surface area contributed by atoms with Gasteiger partial charge in [-0.1, -0.05) is 53.3 Å². The van der Waals surface area contributed by atoms with Crippen molar-refractivity contribution in [1.29, 1.82) is 0 Å². The van der Waals surface area contributed by atoms with Gasteiger partial charge >= 0.3 is 5.91 Å². The lowest BCUT2D eigenvalue weighted by Crippen LogP contribution is -2.29. The lowest BCUT2D eigenvalue weighted by molar-refractivity contribution is -0.132. The molecule has 0 spiro atoms. The maximum absolute atomic E-state index is 13.4. The Morgan fingerprint density at radius 3 is 2.43 bits per heavy atom. The molecular formula is C27H22N2O5S. The molecule has 1 fully saturated rings. The monoisotopic (exact) mass is 486 g/mol. The number of aryl methyl sites for hydroxylation is 1. The molecule has 1 saturated heterocycles. The van der Waals surface area contributed by atoms with Crippen molar-refractivity contribution in [2.75, 3.05) is 19.1 Å². The van der Waals surface area contributed by atoms with Gasteiger partial charge in [0.2, 0.25) is 0 Å². The number of ether oxygens (including phenoxy) is 2. The van der Waals surface area contributed by atoms with Crippen LogP contribution < -0.4 is 14.4 Å². The van der Waals surface area contributed by atoms with Gasteiger partial charge in [-0.15, -0.1) is 0 Å². The van der Waals surface area contributed by atoms with E-state index in [1.54, 1.807) is 30.3 Å². The number of Topliss-reactive ketones (excluding diaryl/α,β-unsaturated/α-hetero) is 1.